The summed E-state index contributed by atoms with van der Waals surface area (Å²) in [6.45, 7) is 3.95. The van der Waals surface area contributed by atoms with Crippen molar-refractivity contribution in [3.8, 4) is 0 Å². The molecule has 2 amide bonds. The number of amides is 2. The zero-order valence-electron chi connectivity index (χ0n) is 10.3. The number of hydrogen-bond acceptors (Lipinski definition) is 2. The molecule has 2 fully saturated rings. The highest BCUT2D eigenvalue weighted by Crippen LogP contribution is 2.22. The largest absolute Gasteiger partial charge is 0.481 e. The first-order chi connectivity index (χ1) is 8.09. The molecule has 1 N–H and O–H groups in total. The van der Waals surface area contributed by atoms with Crippen molar-refractivity contribution in [3.63, 3.8) is 0 Å². The number of nitrogens with zero attached hydrogens (tertiary/aromatic N) is 2. The highest BCUT2D eigenvalue weighted by atomic mass is 16.4. The first-order valence-electron chi connectivity index (χ1n) is 6.38. The second-order valence-electron chi connectivity index (χ2n) is 5.09. The normalized spacial score (nSPS) is 29.5. The van der Waals surface area contributed by atoms with E-state index >= 15 is 0 Å². The monoisotopic (exact) mass is 240 g/mol. The number of carboxylic acids is 1. The minimum Gasteiger partial charge on any atom is -0.481 e. The third kappa shape index (κ3) is 2.53. The summed E-state index contributed by atoms with van der Waals surface area (Å²) < 4.78 is 0. The van der Waals surface area contributed by atoms with Crippen LogP contribution >= 0.6 is 0 Å². The summed E-state index contributed by atoms with van der Waals surface area (Å²) in [6, 6.07) is 0.327. The lowest BCUT2D eigenvalue weighted by Crippen LogP contribution is -2.49. The average molecular weight is 240 g/mol. The number of carbonyl (C=O) groups excluding carboxylic acids is 1. The molecular formula is C12H20N2O3. The minimum absolute atomic E-state index is 0.0287. The van der Waals surface area contributed by atoms with E-state index in [-0.39, 0.29) is 11.9 Å². The van der Waals surface area contributed by atoms with Crippen LogP contribution in [0, 0.1) is 5.92 Å². The number of carbonyl (C=O) groups is 2. The van der Waals surface area contributed by atoms with Gasteiger partial charge >= 0.3 is 12.0 Å². The van der Waals surface area contributed by atoms with Crippen LogP contribution in [0.2, 0.25) is 0 Å². The van der Waals surface area contributed by atoms with E-state index < -0.39 is 5.97 Å². The second kappa shape index (κ2) is 4.94. The number of piperidine rings is 1. The van der Waals surface area contributed by atoms with Gasteiger partial charge in [0.25, 0.3) is 0 Å². The van der Waals surface area contributed by atoms with Gasteiger partial charge in [0, 0.05) is 25.7 Å². The molecule has 0 aromatic heterocycles. The van der Waals surface area contributed by atoms with Gasteiger partial charge in [0.05, 0.1) is 5.92 Å². The Kier molecular flexibility index (Phi) is 3.54. The fourth-order valence-corrected chi connectivity index (χ4v) is 2.75. The Labute approximate surface area is 101 Å². The highest BCUT2D eigenvalue weighted by Gasteiger charge is 2.33. The van der Waals surface area contributed by atoms with E-state index in [1.165, 1.54) is 0 Å². The molecule has 2 saturated heterocycles. The van der Waals surface area contributed by atoms with Crippen LogP contribution in [0.25, 0.3) is 0 Å². The number of hydrogen-bond donors (Lipinski definition) is 1. The topological polar surface area (TPSA) is 60.9 Å². The Morgan fingerprint density at radius 3 is 2.47 bits per heavy atom. The lowest BCUT2D eigenvalue weighted by Gasteiger charge is -2.35. The van der Waals surface area contributed by atoms with E-state index in [1.807, 2.05) is 4.90 Å². The summed E-state index contributed by atoms with van der Waals surface area (Å²) >= 11 is 0. The zero-order valence-corrected chi connectivity index (χ0v) is 10.3. The van der Waals surface area contributed by atoms with Gasteiger partial charge in [-0.1, -0.05) is 0 Å². The fourth-order valence-electron chi connectivity index (χ4n) is 2.75. The molecule has 5 nitrogen and oxygen atoms in total. The highest BCUT2D eigenvalue weighted by molar-refractivity contribution is 5.77. The van der Waals surface area contributed by atoms with Crippen LogP contribution in [-0.4, -0.2) is 52.6 Å². The number of carboxylic acid groups (broad SMARTS) is 1. The molecule has 5 heteroatoms. The summed E-state index contributed by atoms with van der Waals surface area (Å²) in [5.41, 5.74) is 0. The molecule has 2 unspecified atom stereocenters. The van der Waals surface area contributed by atoms with Crippen LogP contribution in [0.5, 0.6) is 0 Å². The Bertz CT molecular complexity index is 319. The zero-order chi connectivity index (χ0) is 12.4. The van der Waals surface area contributed by atoms with E-state index in [0.29, 0.717) is 25.6 Å². The van der Waals surface area contributed by atoms with Crippen LogP contribution in [0.15, 0.2) is 0 Å². The number of likely N-dealkylation sites (tertiary alicyclic amines) is 2. The number of urea groups is 1. The second-order valence-corrected chi connectivity index (χ2v) is 5.09. The van der Waals surface area contributed by atoms with Gasteiger partial charge in [-0.2, -0.15) is 0 Å². The van der Waals surface area contributed by atoms with Gasteiger partial charge < -0.3 is 14.9 Å². The van der Waals surface area contributed by atoms with Crippen LogP contribution < -0.4 is 0 Å². The van der Waals surface area contributed by atoms with E-state index in [9.17, 15) is 9.59 Å². The molecule has 2 rings (SSSR count). The first-order valence-corrected chi connectivity index (χ1v) is 6.38. The summed E-state index contributed by atoms with van der Waals surface area (Å²) in [6.07, 6.45) is 3.60. The molecule has 0 saturated carbocycles. The van der Waals surface area contributed by atoms with Gasteiger partial charge in [0.15, 0.2) is 0 Å². The molecule has 2 aliphatic heterocycles. The van der Waals surface area contributed by atoms with Gasteiger partial charge in [0.1, 0.15) is 0 Å². The number of rotatable bonds is 1. The lowest BCUT2D eigenvalue weighted by atomic mass is 9.98. The summed E-state index contributed by atoms with van der Waals surface area (Å²) in [5.74, 6) is -1.16. The molecule has 0 aliphatic carbocycles. The summed E-state index contributed by atoms with van der Waals surface area (Å²) in [7, 11) is 0. The molecule has 0 spiro atoms. The maximum atomic E-state index is 12.2. The predicted molar refractivity (Wildman–Crippen MR) is 62.7 cm³/mol. The Morgan fingerprint density at radius 2 is 1.88 bits per heavy atom. The summed E-state index contributed by atoms with van der Waals surface area (Å²) in [4.78, 5) is 26.8. The van der Waals surface area contributed by atoms with Gasteiger partial charge in [-0.25, -0.2) is 4.79 Å². The summed E-state index contributed by atoms with van der Waals surface area (Å²) in [5, 5.41) is 9.00. The molecule has 0 bridgehead atoms. The van der Waals surface area contributed by atoms with E-state index in [1.54, 1.807) is 4.90 Å². The van der Waals surface area contributed by atoms with Crippen molar-refractivity contribution in [2.75, 3.05) is 19.6 Å². The maximum Gasteiger partial charge on any atom is 0.320 e. The maximum absolute atomic E-state index is 12.2. The molecular weight excluding hydrogens is 220 g/mol. The van der Waals surface area contributed by atoms with Gasteiger partial charge in [0.2, 0.25) is 0 Å². The van der Waals surface area contributed by atoms with Gasteiger partial charge in [-0.15, -0.1) is 0 Å². The van der Waals surface area contributed by atoms with Crippen molar-refractivity contribution in [2.24, 2.45) is 5.92 Å². The van der Waals surface area contributed by atoms with Crippen LogP contribution in [-0.2, 0) is 4.79 Å². The minimum atomic E-state index is -0.781. The Balaban J connectivity index is 1.97. The van der Waals surface area contributed by atoms with Crippen LogP contribution in [0.1, 0.15) is 32.6 Å². The molecule has 96 valence electrons. The van der Waals surface area contributed by atoms with Crippen LogP contribution in [0.4, 0.5) is 4.79 Å². The molecule has 17 heavy (non-hydrogen) atoms. The van der Waals surface area contributed by atoms with E-state index in [2.05, 4.69) is 6.92 Å². The van der Waals surface area contributed by atoms with Crippen molar-refractivity contribution in [3.05, 3.63) is 0 Å². The molecule has 2 heterocycles. The van der Waals surface area contributed by atoms with Crippen molar-refractivity contribution in [1.29, 1.82) is 0 Å². The lowest BCUT2D eigenvalue weighted by molar-refractivity contribution is -0.143. The van der Waals surface area contributed by atoms with Crippen molar-refractivity contribution in [1.82, 2.24) is 9.80 Å². The van der Waals surface area contributed by atoms with Gasteiger partial charge in [-0.3, -0.25) is 4.79 Å². The fraction of sp³-hybridized carbons (Fsp3) is 0.833. The molecule has 2 atom stereocenters. The third-order valence-corrected chi connectivity index (χ3v) is 3.84. The van der Waals surface area contributed by atoms with E-state index in [0.717, 1.165) is 25.8 Å². The average Bonchev–Trinajstić information content (AvgIpc) is 2.74. The molecule has 0 radical (unpaired) electrons. The molecule has 0 aromatic rings. The Hall–Kier alpha value is -1.26. The molecule has 2 aliphatic rings. The van der Waals surface area contributed by atoms with Crippen LogP contribution in [0.3, 0.4) is 0 Å². The van der Waals surface area contributed by atoms with Gasteiger partial charge in [-0.05, 0) is 32.6 Å². The van der Waals surface area contributed by atoms with Crippen molar-refractivity contribution < 1.29 is 14.7 Å². The predicted octanol–water partition coefficient (Wildman–Crippen LogP) is 1.39. The Morgan fingerprint density at radius 1 is 1.18 bits per heavy atom. The van der Waals surface area contributed by atoms with Crippen molar-refractivity contribution in [2.45, 2.75) is 38.6 Å². The SMILES string of the molecule is CC1CCCN1C(=O)N1CCCC(C(=O)O)C1. The standard InChI is InChI=1S/C12H20N2O3/c1-9-4-2-7-14(9)12(17)13-6-3-5-10(8-13)11(15)16/h9-10H,2-8H2,1H3,(H,15,16). The quantitative estimate of drug-likeness (QED) is 0.753. The van der Waals surface area contributed by atoms with E-state index in [4.69, 9.17) is 5.11 Å². The number of aliphatic carboxylic acids is 1. The first kappa shape index (κ1) is 12.2. The van der Waals surface area contributed by atoms with Crippen molar-refractivity contribution >= 4 is 12.0 Å². The third-order valence-electron chi connectivity index (χ3n) is 3.84. The smallest absolute Gasteiger partial charge is 0.320 e. The molecule has 0 aromatic carbocycles.